The Kier molecular flexibility index (Phi) is 7.59. The zero-order valence-corrected chi connectivity index (χ0v) is 20.3. The molecule has 2 heterocycles. The largest absolute Gasteiger partial charge is 0.497 e. The molecule has 0 radical (unpaired) electrons. The summed E-state index contributed by atoms with van der Waals surface area (Å²) in [6.07, 6.45) is 1.75. The van der Waals surface area contributed by atoms with Crippen molar-refractivity contribution in [2.75, 3.05) is 51.3 Å². The second-order valence-corrected chi connectivity index (χ2v) is 8.93. The Bertz CT molecular complexity index is 1040. The second-order valence-electron chi connectivity index (χ2n) is 7.69. The lowest BCUT2D eigenvalue weighted by Gasteiger charge is -2.36. The molecule has 0 spiro atoms. The number of nitrogens with one attached hydrogen (secondary N) is 1. The molecule has 3 aromatic rings. The quantitative estimate of drug-likeness (QED) is 0.459. The lowest BCUT2D eigenvalue weighted by atomic mass is 10.0. The summed E-state index contributed by atoms with van der Waals surface area (Å²) >= 11 is 2.26. The highest BCUT2D eigenvalue weighted by molar-refractivity contribution is 14.1. The molecule has 0 aliphatic carbocycles. The first-order chi connectivity index (χ1) is 15.6. The van der Waals surface area contributed by atoms with Crippen molar-refractivity contribution in [3.05, 3.63) is 76.0 Å². The fraction of sp³-hybridized carbons (Fsp3) is 0.280. The van der Waals surface area contributed by atoms with Crippen LogP contribution in [0.25, 0.3) is 11.3 Å². The number of benzene rings is 2. The maximum atomic E-state index is 12.9. The average molecular weight is 542 g/mol. The Morgan fingerprint density at radius 2 is 1.84 bits per heavy atom. The fourth-order valence-corrected chi connectivity index (χ4v) is 4.39. The molecule has 0 atom stereocenters. The number of anilines is 1. The normalized spacial score (nSPS) is 14.2. The van der Waals surface area contributed by atoms with E-state index in [1.54, 1.807) is 13.3 Å². The third kappa shape index (κ3) is 5.58. The van der Waals surface area contributed by atoms with Gasteiger partial charge in [0.25, 0.3) is 5.91 Å². The van der Waals surface area contributed by atoms with E-state index in [0.717, 1.165) is 53.3 Å². The van der Waals surface area contributed by atoms with Gasteiger partial charge in [0.2, 0.25) is 0 Å². The third-order valence-corrected chi connectivity index (χ3v) is 6.36. The van der Waals surface area contributed by atoms with Gasteiger partial charge in [0.1, 0.15) is 5.75 Å². The number of carbonyl (C=O) groups excluding carboxylic acids is 1. The molecule has 7 heteroatoms. The lowest BCUT2D eigenvalue weighted by molar-refractivity contribution is 0.0948. The van der Waals surface area contributed by atoms with Crippen LogP contribution in [0.15, 0.2) is 66.9 Å². The van der Waals surface area contributed by atoms with E-state index in [1.807, 2.05) is 48.5 Å². The number of amides is 1. The van der Waals surface area contributed by atoms with Gasteiger partial charge in [0.05, 0.1) is 12.8 Å². The summed E-state index contributed by atoms with van der Waals surface area (Å²) in [5, 5.41) is 3.09. The number of aromatic nitrogens is 1. The van der Waals surface area contributed by atoms with Crippen LogP contribution >= 0.6 is 22.6 Å². The number of carbonyl (C=O) groups is 1. The van der Waals surface area contributed by atoms with Crippen LogP contribution in [0.4, 0.5) is 5.69 Å². The number of halogens is 1. The molecule has 1 saturated heterocycles. The number of ether oxygens (including phenoxy) is 1. The molecular weight excluding hydrogens is 515 g/mol. The van der Waals surface area contributed by atoms with Crippen molar-refractivity contribution in [3.8, 4) is 17.0 Å². The van der Waals surface area contributed by atoms with E-state index in [-0.39, 0.29) is 5.91 Å². The Morgan fingerprint density at radius 3 is 2.53 bits per heavy atom. The van der Waals surface area contributed by atoms with E-state index in [4.69, 9.17) is 4.74 Å². The van der Waals surface area contributed by atoms with Crippen LogP contribution in [0, 0.1) is 3.57 Å². The van der Waals surface area contributed by atoms with Crippen LogP contribution in [-0.2, 0) is 0 Å². The molecule has 166 valence electrons. The molecule has 0 unspecified atom stereocenters. The summed E-state index contributed by atoms with van der Waals surface area (Å²) in [6, 6.07) is 19.8. The standard InChI is InChI=1S/C25H27IN4O2/c1-32-21-8-6-20(7-9-21)30-16-14-29(15-17-30)13-12-28-25(31)22-10-5-19(26)18-23(22)24-4-2-3-11-27-24/h2-11,18H,12-17H2,1H3,(H,28,31). The van der Waals surface area contributed by atoms with Gasteiger partial charge in [-0.05, 0) is 77.2 Å². The van der Waals surface area contributed by atoms with Crippen molar-refractivity contribution >= 4 is 34.2 Å². The van der Waals surface area contributed by atoms with Gasteiger partial charge in [-0.1, -0.05) is 6.07 Å². The van der Waals surface area contributed by atoms with Crippen LogP contribution in [0.2, 0.25) is 0 Å². The van der Waals surface area contributed by atoms with Gasteiger partial charge < -0.3 is 15.0 Å². The molecule has 1 aliphatic rings. The Hall–Kier alpha value is -2.65. The van der Waals surface area contributed by atoms with Crippen molar-refractivity contribution in [2.24, 2.45) is 0 Å². The molecule has 1 amide bonds. The van der Waals surface area contributed by atoms with Crippen LogP contribution < -0.4 is 15.0 Å². The molecule has 6 nitrogen and oxygen atoms in total. The zero-order valence-electron chi connectivity index (χ0n) is 18.1. The predicted molar refractivity (Wildman–Crippen MR) is 136 cm³/mol. The molecule has 1 N–H and O–H groups in total. The van der Waals surface area contributed by atoms with Gasteiger partial charge in [-0.2, -0.15) is 0 Å². The van der Waals surface area contributed by atoms with E-state index in [9.17, 15) is 4.79 Å². The third-order valence-electron chi connectivity index (χ3n) is 5.69. The summed E-state index contributed by atoms with van der Waals surface area (Å²) in [6.45, 7) is 5.36. The summed E-state index contributed by atoms with van der Waals surface area (Å²) in [5.41, 5.74) is 3.56. The highest BCUT2D eigenvalue weighted by Gasteiger charge is 2.18. The van der Waals surface area contributed by atoms with E-state index in [2.05, 4.69) is 54.8 Å². The predicted octanol–water partition coefficient (Wildman–Crippen LogP) is 3.91. The summed E-state index contributed by atoms with van der Waals surface area (Å²) < 4.78 is 6.32. The minimum atomic E-state index is -0.0566. The van der Waals surface area contributed by atoms with Gasteiger partial charge in [-0.3, -0.25) is 14.7 Å². The first kappa shape index (κ1) is 22.5. The van der Waals surface area contributed by atoms with Crippen LogP contribution in [-0.4, -0.2) is 62.2 Å². The first-order valence-electron chi connectivity index (χ1n) is 10.7. The van der Waals surface area contributed by atoms with Crippen LogP contribution in [0.3, 0.4) is 0 Å². The van der Waals surface area contributed by atoms with Crippen molar-refractivity contribution in [1.29, 1.82) is 0 Å². The topological polar surface area (TPSA) is 57.7 Å². The maximum Gasteiger partial charge on any atom is 0.252 e. The van der Waals surface area contributed by atoms with Crippen molar-refractivity contribution in [2.45, 2.75) is 0 Å². The number of hydrogen-bond donors (Lipinski definition) is 1. The number of nitrogens with zero attached hydrogens (tertiary/aromatic N) is 3. The first-order valence-corrected chi connectivity index (χ1v) is 11.8. The number of pyridine rings is 1. The second kappa shape index (κ2) is 10.8. The van der Waals surface area contributed by atoms with E-state index in [0.29, 0.717) is 12.1 Å². The number of hydrogen-bond acceptors (Lipinski definition) is 5. The molecule has 2 aromatic carbocycles. The lowest BCUT2D eigenvalue weighted by Crippen LogP contribution is -2.48. The molecule has 1 aliphatic heterocycles. The molecule has 1 aromatic heterocycles. The van der Waals surface area contributed by atoms with Crippen LogP contribution in [0.5, 0.6) is 5.75 Å². The van der Waals surface area contributed by atoms with Crippen molar-refractivity contribution in [1.82, 2.24) is 15.2 Å². The summed E-state index contributed by atoms with van der Waals surface area (Å²) in [5.74, 6) is 0.821. The number of piperazine rings is 1. The van der Waals surface area contributed by atoms with Gasteiger partial charge >= 0.3 is 0 Å². The molecule has 4 rings (SSSR count). The number of rotatable bonds is 7. The van der Waals surface area contributed by atoms with Crippen molar-refractivity contribution in [3.63, 3.8) is 0 Å². The van der Waals surface area contributed by atoms with Gasteiger partial charge in [-0.25, -0.2) is 0 Å². The van der Waals surface area contributed by atoms with Gasteiger partial charge in [0.15, 0.2) is 0 Å². The van der Waals surface area contributed by atoms with Crippen LogP contribution in [0.1, 0.15) is 10.4 Å². The summed E-state index contributed by atoms with van der Waals surface area (Å²) in [4.78, 5) is 22.1. The number of methoxy groups -OCH3 is 1. The van der Waals surface area contributed by atoms with Gasteiger partial charge in [-0.15, -0.1) is 0 Å². The molecule has 1 fully saturated rings. The molecule has 0 bridgehead atoms. The summed E-state index contributed by atoms with van der Waals surface area (Å²) in [7, 11) is 1.68. The average Bonchev–Trinajstić information content (AvgIpc) is 2.85. The molecule has 0 saturated carbocycles. The van der Waals surface area contributed by atoms with Crippen molar-refractivity contribution < 1.29 is 9.53 Å². The Labute approximate surface area is 202 Å². The highest BCUT2D eigenvalue weighted by Crippen LogP contribution is 2.24. The minimum Gasteiger partial charge on any atom is -0.497 e. The minimum absolute atomic E-state index is 0.0566. The monoisotopic (exact) mass is 542 g/mol. The molecule has 32 heavy (non-hydrogen) atoms. The Balaban J connectivity index is 1.29. The zero-order chi connectivity index (χ0) is 22.3. The maximum absolute atomic E-state index is 12.9. The van der Waals surface area contributed by atoms with Gasteiger partial charge in [0, 0.05) is 65.8 Å². The SMILES string of the molecule is COc1ccc(N2CCN(CCNC(=O)c3ccc(I)cc3-c3ccccn3)CC2)cc1. The Morgan fingerprint density at radius 1 is 1.06 bits per heavy atom. The molecular formula is C25H27IN4O2. The van der Waals surface area contributed by atoms with E-state index >= 15 is 0 Å². The fourth-order valence-electron chi connectivity index (χ4n) is 3.89. The smallest absolute Gasteiger partial charge is 0.252 e. The van der Waals surface area contributed by atoms with E-state index in [1.165, 1.54) is 5.69 Å². The van der Waals surface area contributed by atoms with E-state index < -0.39 is 0 Å². The highest BCUT2D eigenvalue weighted by atomic mass is 127.